The molecule has 29 heavy (non-hydrogen) atoms. The number of nitrogens with one attached hydrogen (secondary N) is 2. The molecule has 0 saturated carbocycles. The molecule has 1 aromatic heterocycles. The van der Waals surface area contributed by atoms with Crippen LogP contribution in [0.3, 0.4) is 0 Å². The van der Waals surface area contributed by atoms with Crippen molar-refractivity contribution in [2.24, 2.45) is 0 Å². The van der Waals surface area contributed by atoms with E-state index < -0.39 is 0 Å². The normalized spacial score (nSPS) is 11.1. The molecule has 3 aromatic rings. The second-order valence-corrected chi connectivity index (χ2v) is 6.74. The summed E-state index contributed by atoms with van der Waals surface area (Å²) in [5.74, 6) is -0.203. The smallest absolute Gasteiger partial charge is 0.267 e. The van der Waals surface area contributed by atoms with Crippen LogP contribution in [0.4, 0.5) is 0 Å². The summed E-state index contributed by atoms with van der Waals surface area (Å²) in [6, 6.07) is 20.8. The van der Waals surface area contributed by atoms with Crippen LogP contribution in [-0.2, 0) is 11.2 Å². The van der Waals surface area contributed by atoms with Gasteiger partial charge in [-0.2, -0.15) is 0 Å². The molecule has 1 heterocycles. The monoisotopic (exact) mass is 388 g/mol. The van der Waals surface area contributed by atoms with Crippen molar-refractivity contribution in [3.8, 4) is 0 Å². The maximum Gasteiger partial charge on any atom is 0.267 e. The predicted octanol–water partition coefficient (Wildman–Crippen LogP) is 4.11. The molecule has 0 aliphatic carbocycles. The van der Waals surface area contributed by atoms with E-state index in [-0.39, 0.29) is 17.5 Å². The first-order chi connectivity index (χ1) is 14.1. The van der Waals surface area contributed by atoms with Crippen LogP contribution in [-0.4, -0.2) is 18.4 Å². The molecule has 0 bridgehead atoms. The second-order valence-electron chi connectivity index (χ2n) is 6.74. The van der Waals surface area contributed by atoms with Crippen molar-refractivity contribution in [3.63, 3.8) is 0 Å². The molecule has 0 fully saturated rings. The zero-order chi connectivity index (χ0) is 20.5. The number of hydrogen-bond acceptors (Lipinski definition) is 3. The Bertz CT molecular complexity index is 976. The Labute approximate surface area is 170 Å². The molecular weight excluding hydrogens is 364 g/mol. The largest absolute Gasteiger partial charge is 0.465 e. The number of furan rings is 1. The van der Waals surface area contributed by atoms with E-state index in [4.69, 9.17) is 4.42 Å². The molecule has 0 aliphatic rings. The minimum Gasteiger partial charge on any atom is -0.465 e. The Balaban J connectivity index is 1.63. The number of carbonyl (C=O) groups excluding carboxylic acids is 2. The van der Waals surface area contributed by atoms with Gasteiger partial charge in [-0.05, 0) is 49.6 Å². The van der Waals surface area contributed by atoms with Gasteiger partial charge in [-0.25, -0.2) is 0 Å². The average molecular weight is 388 g/mol. The first kappa shape index (κ1) is 20.1. The molecule has 0 radical (unpaired) electrons. The van der Waals surface area contributed by atoms with Gasteiger partial charge in [-0.15, -0.1) is 0 Å². The summed E-state index contributed by atoms with van der Waals surface area (Å²) in [4.78, 5) is 25.3. The number of carbonyl (C=O) groups is 2. The summed E-state index contributed by atoms with van der Waals surface area (Å²) in [6.07, 6.45) is 4.72. The van der Waals surface area contributed by atoms with Gasteiger partial charge >= 0.3 is 0 Å². The van der Waals surface area contributed by atoms with Gasteiger partial charge in [0.25, 0.3) is 11.8 Å². The van der Waals surface area contributed by atoms with Crippen LogP contribution in [0.1, 0.15) is 33.7 Å². The SMILES string of the molecule is Cc1cccc(C(=O)N/C(=C\c2ccco2)C(=O)NCCCc2ccccc2)c1. The molecule has 148 valence electrons. The fourth-order valence-corrected chi connectivity index (χ4v) is 2.89. The molecule has 5 heteroatoms. The molecule has 0 atom stereocenters. The van der Waals surface area contributed by atoms with E-state index in [1.807, 2.05) is 37.3 Å². The van der Waals surface area contributed by atoms with Crippen LogP contribution in [0.15, 0.2) is 83.1 Å². The van der Waals surface area contributed by atoms with Crippen LogP contribution in [0, 0.1) is 6.92 Å². The molecule has 3 rings (SSSR count). The maximum absolute atomic E-state index is 12.7. The number of amides is 2. The maximum atomic E-state index is 12.7. The summed E-state index contributed by atoms with van der Waals surface area (Å²) < 4.78 is 5.30. The van der Waals surface area contributed by atoms with E-state index >= 15 is 0 Å². The molecule has 0 saturated heterocycles. The van der Waals surface area contributed by atoms with E-state index in [9.17, 15) is 9.59 Å². The van der Waals surface area contributed by atoms with Crippen LogP contribution in [0.25, 0.3) is 6.08 Å². The summed E-state index contributed by atoms with van der Waals surface area (Å²) >= 11 is 0. The first-order valence-electron chi connectivity index (χ1n) is 9.57. The van der Waals surface area contributed by atoms with Crippen molar-refractivity contribution < 1.29 is 14.0 Å². The highest BCUT2D eigenvalue weighted by Gasteiger charge is 2.15. The Hall–Kier alpha value is -3.60. The Morgan fingerprint density at radius 2 is 1.83 bits per heavy atom. The topological polar surface area (TPSA) is 71.3 Å². The van der Waals surface area contributed by atoms with E-state index in [0.717, 1.165) is 18.4 Å². The summed E-state index contributed by atoms with van der Waals surface area (Å²) in [6.45, 7) is 2.42. The van der Waals surface area contributed by atoms with E-state index in [0.29, 0.717) is 17.9 Å². The number of benzene rings is 2. The van der Waals surface area contributed by atoms with Crippen molar-refractivity contribution >= 4 is 17.9 Å². The van der Waals surface area contributed by atoms with Crippen molar-refractivity contribution in [1.29, 1.82) is 0 Å². The van der Waals surface area contributed by atoms with Crippen LogP contribution >= 0.6 is 0 Å². The summed E-state index contributed by atoms with van der Waals surface area (Å²) in [5, 5.41) is 5.58. The first-order valence-corrected chi connectivity index (χ1v) is 9.57. The minimum absolute atomic E-state index is 0.145. The van der Waals surface area contributed by atoms with Crippen molar-refractivity contribution in [1.82, 2.24) is 10.6 Å². The summed E-state index contributed by atoms with van der Waals surface area (Å²) in [5.41, 5.74) is 2.83. The van der Waals surface area contributed by atoms with Gasteiger partial charge in [0.05, 0.1) is 6.26 Å². The Morgan fingerprint density at radius 3 is 2.55 bits per heavy atom. The standard InChI is InChI=1S/C24H24N2O3/c1-18-8-5-12-20(16-18)23(27)26-22(17-21-13-7-15-29-21)24(28)25-14-6-11-19-9-3-2-4-10-19/h2-5,7-10,12-13,15-17H,6,11,14H2,1H3,(H,25,28)(H,26,27)/b22-17-. The third-order valence-electron chi connectivity index (χ3n) is 4.37. The molecule has 0 unspecified atom stereocenters. The number of aryl methyl sites for hydroxylation is 2. The quantitative estimate of drug-likeness (QED) is 0.451. The predicted molar refractivity (Wildman–Crippen MR) is 113 cm³/mol. The van der Waals surface area contributed by atoms with Crippen molar-refractivity contribution in [3.05, 3.63) is 101 Å². The number of hydrogen-bond donors (Lipinski definition) is 2. The highest BCUT2D eigenvalue weighted by Crippen LogP contribution is 2.09. The van der Waals surface area contributed by atoms with Crippen LogP contribution in [0.2, 0.25) is 0 Å². The van der Waals surface area contributed by atoms with Gasteiger partial charge in [-0.1, -0.05) is 48.0 Å². The molecule has 2 aromatic carbocycles. The molecule has 2 amide bonds. The molecule has 2 N–H and O–H groups in total. The van der Waals surface area contributed by atoms with Gasteiger partial charge in [-0.3, -0.25) is 9.59 Å². The average Bonchev–Trinajstić information content (AvgIpc) is 3.24. The van der Waals surface area contributed by atoms with Crippen LogP contribution in [0.5, 0.6) is 0 Å². The fourth-order valence-electron chi connectivity index (χ4n) is 2.89. The molecule has 0 aliphatic heterocycles. The highest BCUT2D eigenvalue weighted by atomic mass is 16.3. The second kappa shape index (κ2) is 10.1. The summed E-state index contributed by atoms with van der Waals surface area (Å²) in [7, 11) is 0. The van der Waals surface area contributed by atoms with Crippen molar-refractivity contribution in [2.75, 3.05) is 6.54 Å². The van der Waals surface area contributed by atoms with Crippen LogP contribution < -0.4 is 10.6 Å². The molecule has 0 spiro atoms. The highest BCUT2D eigenvalue weighted by molar-refractivity contribution is 6.05. The Kier molecular flexibility index (Phi) is 7.00. The lowest BCUT2D eigenvalue weighted by atomic mass is 10.1. The van der Waals surface area contributed by atoms with Gasteiger partial charge in [0, 0.05) is 18.2 Å². The zero-order valence-electron chi connectivity index (χ0n) is 16.4. The molecule has 5 nitrogen and oxygen atoms in total. The van der Waals surface area contributed by atoms with Gasteiger partial charge in [0.1, 0.15) is 11.5 Å². The van der Waals surface area contributed by atoms with Gasteiger partial charge in [0.15, 0.2) is 0 Å². The van der Waals surface area contributed by atoms with E-state index in [1.165, 1.54) is 17.9 Å². The molecular formula is C24H24N2O3. The van der Waals surface area contributed by atoms with Gasteiger partial charge < -0.3 is 15.1 Å². The third kappa shape index (κ3) is 6.21. The zero-order valence-corrected chi connectivity index (χ0v) is 16.4. The van der Waals surface area contributed by atoms with Crippen molar-refractivity contribution in [2.45, 2.75) is 19.8 Å². The van der Waals surface area contributed by atoms with E-state index in [2.05, 4.69) is 22.8 Å². The fraction of sp³-hybridized carbons (Fsp3) is 0.167. The van der Waals surface area contributed by atoms with E-state index in [1.54, 1.807) is 24.3 Å². The Morgan fingerprint density at radius 1 is 1.00 bits per heavy atom. The lowest BCUT2D eigenvalue weighted by Gasteiger charge is -2.11. The number of rotatable bonds is 8. The minimum atomic E-state index is -0.351. The third-order valence-corrected chi connectivity index (χ3v) is 4.37. The lowest BCUT2D eigenvalue weighted by molar-refractivity contribution is -0.117. The van der Waals surface area contributed by atoms with Gasteiger partial charge in [0.2, 0.25) is 0 Å². The lowest BCUT2D eigenvalue weighted by Crippen LogP contribution is -2.35.